The van der Waals surface area contributed by atoms with E-state index in [4.69, 9.17) is 0 Å². The van der Waals surface area contributed by atoms with Gasteiger partial charge >= 0.3 is 0 Å². The zero-order chi connectivity index (χ0) is 14.2. The number of carbonyl (C=O) groups is 1. The number of benzene rings is 1. The maximum atomic E-state index is 12.6. The van der Waals surface area contributed by atoms with Gasteiger partial charge in [0.15, 0.2) is 0 Å². The molecule has 1 amide bonds. The molecule has 1 aromatic rings. The van der Waals surface area contributed by atoms with Crippen LogP contribution in [0.3, 0.4) is 0 Å². The summed E-state index contributed by atoms with van der Waals surface area (Å²) in [5.74, 6) is 0.254. The average molecular weight is 274 g/mol. The Bertz CT molecular complexity index is 399. The summed E-state index contributed by atoms with van der Waals surface area (Å²) in [4.78, 5) is 14.6. The molecule has 1 fully saturated rings. The number of piperidine rings is 1. The Morgan fingerprint density at radius 1 is 1.30 bits per heavy atom. The highest BCUT2D eigenvalue weighted by molar-refractivity contribution is 5.93. The predicted octanol–water partition coefficient (Wildman–Crippen LogP) is 3.35. The largest absolute Gasteiger partial charge is 0.313 e. The van der Waals surface area contributed by atoms with Gasteiger partial charge in [-0.2, -0.15) is 0 Å². The summed E-state index contributed by atoms with van der Waals surface area (Å²) in [6, 6.07) is 10.4. The Morgan fingerprint density at radius 3 is 2.75 bits per heavy atom. The Balaban J connectivity index is 1.99. The highest BCUT2D eigenvalue weighted by atomic mass is 16.2. The van der Waals surface area contributed by atoms with E-state index in [-0.39, 0.29) is 5.91 Å². The molecule has 1 aliphatic heterocycles. The minimum atomic E-state index is 0.254. The van der Waals surface area contributed by atoms with Crippen LogP contribution in [0.5, 0.6) is 0 Å². The summed E-state index contributed by atoms with van der Waals surface area (Å²) in [6.07, 6.45) is 6.39. The lowest BCUT2D eigenvalue weighted by atomic mass is 10.0. The number of nitrogens with zero attached hydrogens (tertiary/aromatic N) is 1. The van der Waals surface area contributed by atoms with Crippen molar-refractivity contribution in [3.05, 3.63) is 30.3 Å². The fourth-order valence-corrected chi connectivity index (χ4v) is 2.74. The van der Waals surface area contributed by atoms with Gasteiger partial charge in [0.1, 0.15) is 0 Å². The lowest BCUT2D eigenvalue weighted by Crippen LogP contribution is -2.41. The zero-order valence-corrected chi connectivity index (χ0v) is 12.5. The monoisotopic (exact) mass is 274 g/mol. The molecule has 0 aromatic heterocycles. The lowest BCUT2D eigenvalue weighted by Gasteiger charge is -2.28. The maximum Gasteiger partial charge on any atom is 0.228 e. The minimum Gasteiger partial charge on any atom is -0.313 e. The van der Waals surface area contributed by atoms with Crippen LogP contribution in [0.15, 0.2) is 30.3 Å². The van der Waals surface area contributed by atoms with Crippen molar-refractivity contribution >= 4 is 11.6 Å². The first-order valence-electron chi connectivity index (χ1n) is 7.90. The molecule has 0 aliphatic carbocycles. The van der Waals surface area contributed by atoms with Gasteiger partial charge in [0.2, 0.25) is 5.91 Å². The Morgan fingerprint density at radius 2 is 2.10 bits per heavy atom. The number of anilines is 1. The molecule has 20 heavy (non-hydrogen) atoms. The predicted molar refractivity (Wildman–Crippen MR) is 84.0 cm³/mol. The first kappa shape index (κ1) is 15.0. The van der Waals surface area contributed by atoms with Crippen molar-refractivity contribution in [2.45, 2.75) is 51.5 Å². The smallest absolute Gasteiger partial charge is 0.228 e. The molecule has 2 rings (SSSR count). The molecule has 1 aliphatic rings. The summed E-state index contributed by atoms with van der Waals surface area (Å²) in [5, 5.41) is 3.46. The molecule has 0 bridgehead atoms. The number of unbranched alkanes of at least 4 members (excludes halogenated alkanes) is 1. The number of hydrogen-bond acceptors (Lipinski definition) is 2. The third kappa shape index (κ3) is 4.34. The standard InChI is InChI=1S/C17H26N2O/c1-2-3-13-19(16-10-5-4-6-11-16)17(20)14-15-9-7-8-12-18-15/h4-6,10-11,15,18H,2-3,7-9,12-14H2,1H3. The summed E-state index contributed by atoms with van der Waals surface area (Å²) in [5.41, 5.74) is 1.03. The van der Waals surface area contributed by atoms with Crippen molar-refractivity contribution in [1.82, 2.24) is 5.32 Å². The van der Waals surface area contributed by atoms with Crippen LogP contribution in [0.2, 0.25) is 0 Å². The van der Waals surface area contributed by atoms with Crippen molar-refractivity contribution in [2.75, 3.05) is 18.0 Å². The van der Waals surface area contributed by atoms with Gasteiger partial charge in [0.05, 0.1) is 0 Å². The van der Waals surface area contributed by atoms with E-state index in [0.29, 0.717) is 12.5 Å². The van der Waals surface area contributed by atoms with E-state index in [1.54, 1.807) is 0 Å². The fourth-order valence-electron chi connectivity index (χ4n) is 2.74. The van der Waals surface area contributed by atoms with Crippen LogP contribution in [0.4, 0.5) is 5.69 Å². The highest BCUT2D eigenvalue weighted by Crippen LogP contribution is 2.18. The molecule has 1 atom stereocenters. The second kappa shape index (κ2) is 8.05. The SMILES string of the molecule is CCCCN(C(=O)CC1CCCCN1)c1ccccc1. The van der Waals surface area contributed by atoms with Crippen LogP contribution in [0.25, 0.3) is 0 Å². The number of para-hydroxylation sites is 1. The second-order valence-electron chi connectivity index (χ2n) is 5.59. The van der Waals surface area contributed by atoms with Gasteiger partial charge in [-0.1, -0.05) is 38.0 Å². The zero-order valence-electron chi connectivity index (χ0n) is 12.5. The van der Waals surface area contributed by atoms with Crippen LogP contribution >= 0.6 is 0 Å². The molecular formula is C17H26N2O. The molecule has 110 valence electrons. The topological polar surface area (TPSA) is 32.3 Å². The van der Waals surface area contributed by atoms with Crippen molar-refractivity contribution in [2.24, 2.45) is 0 Å². The van der Waals surface area contributed by atoms with Crippen LogP contribution in [0, 0.1) is 0 Å². The fraction of sp³-hybridized carbons (Fsp3) is 0.588. The molecule has 1 heterocycles. The molecule has 0 saturated carbocycles. The van der Waals surface area contributed by atoms with Crippen LogP contribution in [-0.2, 0) is 4.79 Å². The van der Waals surface area contributed by atoms with Gasteiger partial charge in [-0.25, -0.2) is 0 Å². The molecule has 3 heteroatoms. The molecule has 3 nitrogen and oxygen atoms in total. The van der Waals surface area contributed by atoms with E-state index in [2.05, 4.69) is 12.2 Å². The molecule has 1 N–H and O–H groups in total. The lowest BCUT2D eigenvalue weighted by molar-refractivity contribution is -0.119. The first-order chi connectivity index (χ1) is 9.81. The van der Waals surface area contributed by atoms with E-state index in [1.807, 2.05) is 35.2 Å². The van der Waals surface area contributed by atoms with Crippen LogP contribution in [0.1, 0.15) is 45.4 Å². The van der Waals surface area contributed by atoms with Crippen LogP contribution in [-0.4, -0.2) is 25.0 Å². The van der Waals surface area contributed by atoms with Crippen LogP contribution < -0.4 is 10.2 Å². The van der Waals surface area contributed by atoms with E-state index >= 15 is 0 Å². The number of hydrogen-bond donors (Lipinski definition) is 1. The Hall–Kier alpha value is -1.35. The van der Waals surface area contributed by atoms with Crippen molar-refractivity contribution in [3.8, 4) is 0 Å². The summed E-state index contributed by atoms with van der Waals surface area (Å²) >= 11 is 0. The van der Waals surface area contributed by atoms with Crippen molar-refractivity contribution < 1.29 is 4.79 Å². The van der Waals surface area contributed by atoms with Crippen molar-refractivity contribution in [3.63, 3.8) is 0 Å². The summed E-state index contributed by atoms with van der Waals surface area (Å²) in [6.45, 7) is 4.04. The molecule has 0 spiro atoms. The van der Waals surface area contributed by atoms with E-state index in [1.165, 1.54) is 12.8 Å². The van der Waals surface area contributed by atoms with Gasteiger partial charge in [-0.05, 0) is 37.9 Å². The van der Waals surface area contributed by atoms with Gasteiger partial charge in [0.25, 0.3) is 0 Å². The highest BCUT2D eigenvalue weighted by Gasteiger charge is 2.21. The second-order valence-corrected chi connectivity index (χ2v) is 5.59. The summed E-state index contributed by atoms with van der Waals surface area (Å²) in [7, 11) is 0. The Kier molecular flexibility index (Phi) is 6.06. The van der Waals surface area contributed by atoms with Gasteiger partial charge in [0, 0.05) is 24.7 Å². The third-order valence-electron chi connectivity index (χ3n) is 3.94. The minimum absolute atomic E-state index is 0.254. The molecular weight excluding hydrogens is 248 g/mol. The Labute approximate surface area is 122 Å². The number of nitrogens with one attached hydrogen (secondary N) is 1. The number of carbonyl (C=O) groups excluding carboxylic acids is 1. The number of amides is 1. The number of rotatable bonds is 6. The van der Waals surface area contributed by atoms with E-state index in [9.17, 15) is 4.79 Å². The van der Waals surface area contributed by atoms with Crippen molar-refractivity contribution in [1.29, 1.82) is 0 Å². The van der Waals surface area contributed by atoms with Gasteiger partial charge in [-0.15, -0.1) is 0 Å². The quantitative estimate of drug-likeness (QED) is 0.862. The molecule has 1 unspecified atom stereocenters. The molecule has 1 saturated heterocycles. The normalized spacial score (nSPS) is 18.8. The third-order valence-corrected chi connectivity index (χ3v) is 3.94. The van der Waals surface area contributed by atoms with Gasteiger partial charge in [-0.3, -0.25) is 4.79 Å². The average Bonchev–Trinajstić information content (AvgIpc) is 2.50. The van der Waals surface area contributed by atoms with E-state index in [0.717, 1.165) is 38.0 Å². The summed E-state index contributed by atoms with van der Waals surface area (Å²) < 4.78 is 0. The maximum absolute atomic E-state index is 12.6. The molecule has 0 radical (unpaired) electrons. The molecule has 1 aromatic carbocycles. The van der Waals surface area contributed by atoms with E-state index < -0.39 is 0 Å². The first-order valence-corrected chi connectivity index (χ1v) is 7.90. The van der Waals surface area contributed by atoms with Gasteiger partial charge < -0.3 is 10.2 Å².